The minimum Gasteiger partial charge on any atom is -0.508 e. The molecule has 6 amide bonds. The van der Waals surface area contributed by atoms with Gasteiger partial charge in [-0.3, -0.25) is 38.6 Å². The Hall–Kier alpha value is -12.2. The Labute approximate surface area is 653 Å². The molecule has 0 radical (unpaired) electrons. The summed E-state index contributed by atoms with van der Waals surface area (Å²) < 4.78 is 76.9. The van der Waals surface area contributed by atoms with E-state index in [1.54, 1.807) is 146 Å². The number of ether oxygens (including phenoxy) is 12. The van der Waals surface area contributed by atoms with Crippen molar-refractivity contribution in [3.05, 3.63) is 203 Å². The molecule has 19 rings (SSSR count). The number of amides is 6. The highest BCUT2D eigenvalue weighted by molar-refractivity contribution is 6.45. The Balaban J connectivity index is 0.914. The molecular weight excluding hydrogens is 1460 g/mol. The zero-order valence-corrected chi connectivity index (χ0v) is 62.1. The number of fused-ring (bicyclic) bond motifs is 2. The number of hydrogen-bond donors (Lipinski definition) is 4. The summed E-state index contributed by atoms with van der Waals surface area (Å²) in [6.45, 7) is 3.07. The van der Waals surface area contributed by atoms with Crippen LogP contribution in [-0.2, 0) is 41.4 Å². The summed E-state index contributed by atoms with van der Waals surface area (Å²) in [4.78, 5) is 100. The van der Waals surface area contributed by atoms with E-state index in [1.165, 1.54) is 24.3 Å². The minimum absolute atomic E-state index is 0.0141. The van der Waals surface area contributed by atoms with Gasteiger partial charge in [0, 0.05) is 92.3 Å². The number of carbonyl (C=O) groups is 6. The second-order valence-electron chi connectivity index (χ2n) is 30.5. The molecule has 6 fully saturated rings. The fourth-order valence-electron chi connectivity index (χ4n) is 16.3. The lowest BCUT2D eigenvalue weighted by molar-refractivity contribution is -0.126. The van der Waals surface area contributed by atoms with Crippen molar-refractivity contribution in [2.45, 2.75) is 126 Å². The molecule has 24 heteroatoms. The Kier molecular flexibility index (Phi) is 19.2. The maximum absolute atomic E-state index is 16.8. The summed E-state index contributed by atoms with van der Waals surface area (Å²) >= 11 is 0. The number of imide groups is 2. The first-order valence-corrected chi connectivity index (χ1v) is 39.1. The van der Waals surface area contributed by atoms with E-state index in [0.717, 1.165) is 48.3 Å². The van der Waals surface area contributed by atoms with Crippen LogP contribution in [0.5, 0.6) is 80.5 Å². The van der Waals surface area contributed by atoms with Gasteiger partial charge >= 0.3 is 0 Å². The van der Waals surface area contributed by atoms with Crippen molar-refractivity contribution in [3.8, 4) is 80.5 Å². The van der Waals surface area contributed by atoms with Crippen LogP contribution in [0.4, 0.5) is 0 Å². The molecule has 4 N–H and O–H groups in total. The molecular formula is C90H80N4O20. The highest BCUT2D eigenvalue weighted by Gasteiger charge is 2.47. The zero-order chi connectivity index (χ0) is 77.2. The second kappa shape index (κ2) is 30.4. The summed E-state index contributed by atoms with van der Waals surface area (Å²) in [6.07, 6.45) is 7.42. The van der Waals surface area contributed by atoms with Crippen LogP contribution in [0, 0.1) is 0 Å². The van der Waals surface area contributed by atoms with Crippen LogP contribution in [0.1, 0.15) is 117 Å². The van der Waals surface area contributed by atoms with E-state index in [4.69, 9.17) is 56.8 Å². The van der Waals surface area contributed by atoms with Crippen LogP contribution in [0.3, 0.4) is 0 Å². The van der Waals surface area contributed by atoms with Crippen molar-refractivity contribution in [1.82, 2.24) is 20.4 Å². The first-order valence-electron chi connectivity index (χ1n) is 39.1. The largest absolute Gasteiger partial charge is 0.508 e. The first kappa shape index (κ1) is 72.1. The molecule has 6 aliphatic heterocycles. The topological polar surface area (TPSA) is 297 Å². The third-order valence-electron chi connectivity index (χ3n) is 22.3. The van der Waals surface area contributed by atoms with E-state index < -0.39 is 47.5 Å². The Morgan fingerprint density at radius 1 is 0.351 bits per heavy atom. The van der Waals surface area contributed by atoms with Crippen molar-refractivity contribution in [2.75, 3.05) is 52.9 Å². The van der Waals surface area contributed by atoms with Gasteiger partial charge in [-0.1, -0.05) is 87.1 Å². The molecule has 2 saturated carbocycles. The van der Waals surface area contributed by atoms with Crippen molar-refractivity contribution in [2.24, 2.45) is 0 Å². The molecule has 11 aromatic carbocycles. The van der Waals surface area contributed by atoms with E-state index in [0.29, 0.717) is 86.2 Å². The Morgan fingerprint density at radius 3 is 0.877 bits per heavy atom. The Bertz CT molecular complexity index is 5030. The van der Waals surface area contributed by atoms with Crippen LogP contribution in [0.25, 0.3) is 43.1 Å². The van der Waals surface area contributed by atoms with E-state index >= 15 is 28.8 Å². The standard InChI is InChI=1S/C90H80N4O20/c95-53-27-23-49(24-28-53)31-71(85(97)91-51-11-3-1-4-12-51)93-87(99)67-37-73(111-59-19-7-15-55(33-59)103-41-63-45-107-63)79-81-75(113-61-21-9-17-57(35-61)105-43-65-47-109-65)39-69-78-70(90(102)94(89(69)101)72(32-50-25-29-54(96)30-26-50)86(98)92-52-13-5-2-6-14-52)40-76(114-62-22-10-18-58(36-62)106-44-66-48-110-66)82(84(78)81)80-74(38-68(88(93)100)77(67)83(79)80)112-60-20-8-16-56(34-60)104-42-64-46-108-64/h7-10,15-30,33-40,51-52,63-66,71-72,95-96H,1-6,11-14,31-32,41-48H2,(H,91,97)(H,92,98). The lowest BCUT2D eigenvalue weighted by Gasteiger charge is -2.36. The molecule has 4 saturated heterocycles. The highest BCUT2D eigenvalue weighted by atomic mass is 16.6. The van der Waals surface area contributed by atoms with Crippen LogP contribution in [0.2, 0.25) is 0 Å². The number of nitrogens with one attached hydrogen (secondary N) is 2. The third-order valence-corrected chi connectivity index (χ3v) is 22.3. The highest BCUT2D eigenvalue weighted by Crippen LogP contribution is 2.59. The first-order chi connectivity index (χ1) is 55.7. The second-order valence-corrected chi connectivity index (χ2v) is 30.5. The molecule has 6 heterocycles. The predicted octanol–water partition coefficient (Wildman–Crippen LogP) is 14.7. The molecule has 6 unspecified atom stereocenters. The van der Waals surface area contributed by atoms with Crippen molar-refractivity contribution in [3.63, 3.8) is 0 Å². The number of nitrogens with zero attached hydrogens (tertiary/aromatic N) is 2. The van der Waals surface area contributed by atoms with E-state index in [1.807, 2.05) is 0 Å². The summed E-state index contributed by atoms with van der Waals surface area (Å²) in [5.41, 5.74) is 0.823. The monoisotopic (exact) mass is 1540 g/mol. The molecule has 0 spiro atoms. The van der Waals surface area contributed by atoms with Gasteiger partial charge in [-0.2, -0.15) is 0 Å². The molecule has 11 aromatic rings. The van der Waals surface area contributed by atoms with Gasteiger partial charge < -0.3 is 77.7 Å². The average molecular weight is 1540 g/mol. The molecule has 0 aromatic heterocycles. The van der Waals surface area contributed by atoms with E-state index in [9.17, 15) is 10.2 Å². The quantitative estimate of drug-likeness (QED) is 0.0141. The number of epoxide rings is 4. The van der Waals surface area contributed by atoms with Gasteiger partial charge in [0.1, 0.15) is 143 Å². The van der Waals surface area contributed by atoms with Gasteiger partial charge in [0.25, 0.3) is 23.6 Å². The van der Waals surface area contributed by atoms with Gasteiger partial charge in [-0.25, -0.2) is 0 Å². The van der Waals surface area contributed by atoms with E-state index in [2.05, 4.69) is 10.6 Å². The smallest absolute Gasteiger partial charge is 0.262 e. The summed E-state index contributed by atoms with van der Waals surface area (Å²) in [7, 11) is 0. The number of benzene rings is 11. The molecule has 6 atom stereocenters. The third kappa shape index (κ3) is 14.9. The fraction of sp³-hybridized carbons (Fsp3) is 0.311. The maximum Gasteiger partial charge on any atom is 0.262 e. The SMILES string of the molecule is O=C(NC1CCCCC1)C(Cc1ccc(O)cc1)N1C(=O)c2cc(Oc3cccc(OCC4CO4)c3)c3c4c(Oc5cccc(OCC6CO6)c5)cc5c6c(cc(Oc7cccc(OCC8CO8)c7)c(c7c(Oc8cccc(OCC9CO9)c8)cc(c2c37)C1=O)c64)C(=O)N(C(Cc1ccc(O)cc1)C(=O)NC1CCCCC1)C5=O. The molecule has 114 heavy (non-hydrogen) atoms. The molecule has 0 bridgehead atoms. The number of rotatable bonds is 30. The Morgan fingerprint density at radius 2 is 0.614 bits per heavy atom. The number of carbonyl (C=O) groups excluding carboxylic acids is 6. The van der Waals surface area contributed by atoms with Gasteiger partial charge in [0.2, 0.25) is 11.8 Å². The van der Waals surface area contributed by atoms with Gasteiger partial charge in [-0.05, 0) is 134 Å². The zero-order valence-electron chi connectivity index (χ0n) is 62.1. The molecule has 24 nitrogen and oxygen atoms in total. The van der Waals surface area contributed by atoms with Crippen LogP contribution < -0.4 is 48.5 Å². The lowest BCUT2D eigenvalue weighted by atomic mass is 9.80. The molecule has 2 aliphatic carbocycles. The van der Waals surface area contributed by atoms with Crippen LogP contribution in [-0.4, -0.2) is 157 Å². The predicted molar refractivity (Wildman–Crippen MR) is 417 cm³/mol. The van der Waals surface area contributed by atoms with E-state index in [-0.39, 0.29) is 199 Å². The summed E-state index contributed by atoms with van der Waals surface area (Å²) in [5, 5.41) is 29.0. The van der Waals surface area contributed by atoms with Crippen molar-refractivity contribution >= 4 is 78.5 Å². The number of hydrogen-bond acceptors (Lipinski definition) is 20. The van der Waals surface area contributed by atoms with Crippen molar-refractivity contribution < 1.29 is 95.8 Å². The fourth-order valence-corrected chi connectivity index (χ4v) is 16.3. The molecule has 580 valence electrons. The maximum atomic E-state index is 16.8. The molecule has 8 aliphatic rings. The lowest BCUT2D eigenvalue weighted by Crippen LogP contribution is -2.56. The van der Waals surface area contributed by atoms with Crippen LogP contribution >= 0.6 is 0 Å². The summed E-state index contributed by atoms with van der Waals surface area (Å²) in [5.74, 6) is -2.12. The number of aromatic hydroxyl groups is 2. The average Bonchev–Trinajstić information content (AvgIpc) is 0.814. The van der Waals surface area contributed by atoms with Gasteiger partial charge in [0.05, 0.1) is 48.7 Å². The minimum atomic E-state index is -1.48. The van der Waals surface area contributed by atoms with Gasteiger partial charge in [0.15, 0.2) is 0 Å². The van der Waals surface area contributed by atoms with Crippen LogP contribution in [0.15, 0.2) is 170 Å². The normalized spacial score (nSPS) is 19.5. The summed E-state index contributed by atoms with van der Waals surface area (Å²) in [6, 6.07) is 43.0. The van der Waals surface area contributed by atoms with Crippen molar-refractivity contribution in [1.29, 1.82) is 0 Å². The number of phenolic OH excluding ortho intramolecular Hbond substituents is 2. The van der Waals surface area contributed by atoms with Gasteiger partial charge in [-0.15, -0.1) is 0 Å². The number of phenols is 2.